The maximum absolute atomic E-state index is 12.5. The van der Waals surface area contributed by atoms with Crippen molar-refractivity contribution in [1.82, 2.24) is 5.32 Å². The molecule has 0 aromatic heterocycles. The Kier molecular flexibility index (Phi) is 6.28. The third-order valence-electron chi connectivity index (χ3n) is 3.90. The zero-order valence-electron chi connectivity index (χ0n) is 16.3. The van der Waals surface area contributed by atoms with Gasteiger partial charge in [-0.1, -0.05) is 23.8 Å². The van der Waals surface area contributed by atoms with Crippen molar-refractivity contribution in [2.75, 3.05) is 7.11 Å². The van der Waals surface area contributed by atoms with E-state index in [2.05, 4.69) is 10.3 Å². The number of amides is 2. The second-order valence-corrected chi connectivity index (χ2v) is 8.85. The first-order chi connectivity index (χ1) is 14.2. The van der Waals surface area contributed by atoms with Crippen LogP contribution in [-0.4, -0.2) is 32.5 Å². The summed E-state index contributed by atoms with van der Waals surface area (Å²) < 4.78 is 35.5. The fourth-order valence-corrected chi connectivity index (χ4v) is 4.28. The molecule has 0 unspecified atom stereocenters. The normalized spacial score (nSPS) is 15.1. The second kappa shape index (κ2) is 8.72. The van der Waals surface area contributed by atoms with E-state index in [4.69, 9.17) is 8.92 Å². The van der Waals surface area contributed by atoms with Crippen LogP contribution in [0.1, 0.15) is 18.1 Å². The largest absolute Gasteiger partial charge is 0.493 e. The van der Waals surface area contributed by atoms with E-state index in [0.29, 0.717) is 10.5 Å². The lowest BCUT2D eigenvalue weighted by Crippen LogP contribution is -2.23. The van der Waals surface area contributed by atoms with Gasteiger partial charge < -0.3 is 14.2 Å². The Bertz CT molecular complexity index is 1170. The summed E-state index contributed by atoms with van der Waals surface area (Å²) in [7, 11) is -2.66. The number of rotatable bonds is 5. The minimum Gasteiger partial charge on any atom is -0.493 e. The number of carbonyl (C=O) groups is 2. The summed E-state index contributed by atoms with van der Waals surface area (Å²) in [4.78, 5) is 27.2. The lowest BCUT2D eigenvalue weighted by molar-refractivity contribution is -0.117. The molecule has 0 bridgehead atoms. The number of hydrogen-bond donors (Lipinski definition) is 1. The number of aryl methyl sites for hydroxylation is 1. The zero-order valence-corrected chi connectivity index (χ0v) is 18.0. The summed E-state index contributed by atoms with van der Waals surface area (Å²) in [5, 5.41) is 2.67. The topological polar surface area (TPSA) is 111 Å². The van der Waals surface area contributed by atoms with Crippen LogP contribution in [0.4, 0.5) is 0 Å². The van der Waals surface area contributed by atoms with E-state index in [1.807, 2.05) is 6.92 Å². The first kappa shape index (κ1) is 21.6. The highest BCUT2D eigenvalue weighted by molar-refractivity contribution is 8.18. The first-order valence-electron chi connectivity index (χ1n) is 8.67. The molecule has 2 aromatic rings. The predicted octanol–water partition coefficient (Wildman–Crippen LogP) is 2.88. The number of nitrogens with zero attached hydrogens (tertiary/aromatic N) is 1. The van der Waals surface area contributed by atoms with Crippen LogP contribution < -0.4 is 14.2 Å². The Labute approximate surface area is 178 Å². The molecule has 10 heteroatoms. The number of amidine groups is 1. The van der Waals surface area contributed by atoms with Gasteiger partial charge in [-0.05, 0) is 54.6 Å². The van der Waals surface area contributed by atoms with Crippen LogP contribution in [0.3, 0.4) is 0 Å². The Morgan fingerprint density at radius 3 is 2.47 bits per heavy atom. The number of thioether (sulfide) groups is 1. The summed E-state index contributed by atoms with van der Waals surface area (Å²) in [6, 6.07) is 10.8. The molecule has 1 aliphatic rings. The lowest BCUT2D eigenvalue weighted by atomic mass is 10.2. The van der Waals surface area contributed by atoms with Gasteiger partial charge in [0.1, 0.15) is 4.90 Å². The average molecular weight is 447 g/mol. The van der Waals surface area contributed by atoms with Crippen LogP contribution in [0, 0.1) is 6.92 Å². The number of aliphatic imine (C=N–C) groups is 1. The smallest absolute Gasteiger partial charge is 0.339 e. The molecule has 156 valence electrons. The molecule has 2 aromatic carbocycles. The zero-order chi connectivity index (χ0) is 21.9. The highest BCUT2D eigenvalue weighted by Crippen LogP contribution is 2.33. The van der Waals surface area contributed by atoms with Gasteiger partial charge >= 0.3 is 10.1 Å². The third-order valence-corrected chi connectivity index (χ3v) is 6.05. The summed E-state index contributed by atoms with van der Waals surface area (Å²) >= 11 is 1.03. The van der Waals surface area contributed by atoms with Crippen molar-refractivity contribution in [3.05, 3.63) is 58.5 Å². The number of methoxy groups -OCH3 is 1. The highest BCUT2D eigenvalue weighted by Gasteiger charge is 2.23. The fourth-order valence-electron chi connectivity index (χ4n) is 2.48. The first-order valence-corrected chi connectivity index (χ1v) is 10.9. The van der Waals surface area contributed by atoms with Gasteiger partial charge in [0.05, 0.1) is 12.0 Å². The van der Waals surface area contributed by atoms with Gasteiger partial charge in [0.25, 0.3) is 5.91 Å². The van der Waals surface area contributed by atoms with E-state index in [1.165, 1.54) is 38.3 Å². The van der Waals surface area contributed by atoms with E-state index in [9.17, 15) is 18.0 Å². The molecule has 30 heavy (non-hydrogen) atoms. The van der Waals surface area contributed by atoms with Crippen molar-refractivity contribution in [2.45, 2.75) is 18.7 Å². The number of benzene rings is 2. The molecule has 0 radical (unpaired) electrons. The standard InChI is InChI=1S/C20H18N2O6S2/c1-12-4-7-15(8-5-12)30(25,26)28-16-9-6-14(10-17(16)27-3)11-18-19(24)22-20(29-18)21-13(2)23/h4-11H,1-3H3,(H,21,22,23,24)/b18-11+. The van der Waals surface area contributed by atoms with Gasteiger partial charge in [0, 0.05) is 6.92 Å². The molecular formula is C20H18N2O6S2. The van der Waals surface area contributed by atoms with Gasteiger partial charge in [-0.15, -0.1) is 0 Å². The minimum absolute atomic E-state index is 0.0146. The molecular weight excluding hydrogens is 428 g/mol. The molecule has 0 fully saturated rings. The SMILES string of the molecule is COc1cc(/C=C2/SC(NC(C)=O)=NC2=O)ccc1OS(=O)(=O)c1ccc(C)cc1. The molecule has 1 N–H and O–H groups in total. The Balaban J connectivity index is 1.83. The monoisotopic (exact) mass is 446 g/mol. The van der Waals surface area contributed by atoms with Crippen molar-refractivity contribution in [2.24, 2.45) is 4.99 Å². The minimum atomic E-state index is -4.04. The van der Waals surface area contributed by atoms with Crippen LogP contribution in [-0.2, 0) is 19.7 Å². The molecule has 0 atom stereocenters. The molecule has 3 rings (SSSR count). The number of nitrogens with one attached hydrogen (secondary N) is 1. The van der Waals surface area contributed by atoms with Crippen molar-refractivity contribution in [3.8, 4) is 11.5 Å². The summed E-state index contributed by atoms with van der Waals surface area (Å²) in [5.41, 5.74) is 1.50. The summed E-state index contributed by atoms with van der Waals surface area (Å²) in [5.74, 6) is -0.613. The van der Waals surface area contributed by atoms with Crippen LogP contribution >= 0.6 is 11.8 Å². The molecule has 0 saturated heterocycles. The van der Waals surface area contributed by atoms with Gasteiger partial charge in [-0.2, -0.15) is 13.4 Å². The van der Waals surface area contributed by atoms with Gasteiger partial charge in [0.2, 0.25) is 5.91 Å². The van der Waals surface area contributed by atoms with E-state index in [1.54, 1.807) is 24.3 Å². The van der Waals surface area contributed by atoms with Crippen LogP contribution in [0.5, 0.6) is 11.5 Å². The van der Waals surface area contributed by atoms with E-state index in [-0.39, 0.29) is 27.5 Å². The Morgan fingerprint density at radius 2 is 1.83 bits per heavy atom. The molecule has 1 heterocycles. The summed E-state index contributed by atoms with van der Waals surface area (Å²) in [6.45, 7) is 3.18. The van der Waals surface area contributed by atoms with Crippen LogP contribution in [0.2, 0.25) is 0 Å². The van der Waals surface area contributed by atoms with Gasteiger partial charge in [-0.25, -0.2) is 0 Å². The maximum Gasteiger partial charge on any atom is 0.339 e. The highest BCUT2D eigenvalue weighted by atomic mass is 32.2. The molecule has 0 spiro atoms. The van der Waals surface area contributed by atoms with Crippen molar-refractivity contribution < 1.29 is 26.9 Å². The predicted molar refractivity (Wildman–Crippen MR) is 114 cm³/mol. The van der Waals surface area contributed by atoms with E-state index < -0.39 is 16.0 Å². The van der Waals surface area contributed by atoms with E-state index in [0.717, 1.165) is 17.3 Å². The molecule has 2 amide bonds. The Morgan fingerprint density at radius 1 is 1.13 bits per heavy atom. The quantitative estimate of drug-likeness (QED) is 0.555. The maximum atomic E-state index is 12.5. The van der Waals surface area contributed by atoms with Crippen molar-refractivity contribution in [3.63, 3.8) is 0 Å². The van der Waals surface area contributed by atoms with E-state index >= 15 is 0 Å². The second-order valence-electron chi connectivity index (χ2n) is 6.27. The van der Waals surface area contributed by atoms with Gasteiger partial charge in [-0.3, -0.25) is 9.59 Å². The number of ether oxygens (including phenoxy) is 1. The number of hydrogen-bond acceptors (Lipinski definition) is 7. The average Bonchev–Trinajstić information content (AvgIpc) is 3.01. The number of carbonyl (C=O) groups excluding carboxylic acids is 2. The molecule has 0 saturated carbocycles. The summed E-state index contributed by atoms with van der Waals surface area (Å²) in [6.07, 6.45) is 1.56. The van der Waals surface area contributed by atoms with Crippen LogP contribution in [0.25, 0.3) is 6.08 Å². The molecule has 1 aliphatic heterocycles. The lowest BCUT2D eigenvalue weighted by Gasteiger charge is -2.11. The van der Waals surface area contributed by atoms with Crippen LogP contribution in [0.15, 0.2) is 57.3 Å². The molecule has 8 nitrogen and oxygen atoms in total. The fraction of sp³-hybridized carbons (Fsp3) is 0.150. The van der Waals surface area contributed by atoms with Gasteiger partial charge in [0.15, 0.2) is 16.7 Å². The molecule has 0 aliphatic carbocycles. The Hall–Kier alpha value is -3.11. The van der Waals surface area contributed by atoms with Crippen molar-refractivity contribution in [1.29, 1.82) is 0 Å². The van der Waals surface area contributed by atoms with Crippen molar-refractivity contribution >= 4 is 44.9 Å². The third kappa shape index (κ3) is 5.08.